The topological polar surface area (TPSA) is 40.1 Å². The number of aliphatic carboxylic acids is 1. The number of hydrogen-bond acceptors (Lipinski definition) is 2. The van der Waals surface area contributed by atoms with Crippen molar-refractivity contribution in [1.82, 2.24) is 0 Å². The van der Waals surface area contributed by atoms with E-state index < -0.39 is 5.97 Å². The third-order valence-electron chi connectivity index (χ3n) is 1.69. The van der Waals surface area contributed by atoms with E-state index in [2.05, 4.69) is 0 Å². The quantitative estimate of drug-likeness (QED) is 0.518. The number of benzene rings is 1. The first-order valence-electron chi connectivity index (χ1n) is 4.03. The number of rotatable bonds is 4. The molecule has 0 unspecified atom stereocenters. The summed E-state index contributed by atoms with van der Waals surface area (Å²) in [6.45, 7) is 0. The van der Waals surface area contributed by atoms with Crippen LogP contribution in [0.2, 0.25) is 0 Å². The molecular weight excluding hydrogens is 191 g/mol. The molecule has 1 rings (SSSR count). The number of carboxylic acids is 1. The van der Waals surface area contributed by atoms with Crippen LogP contribution >= 0.6 is 0 Å². The molecule has 1 aromatic rings. The summed E-state index contributed by atoms with van der Waals surface area (Å²) < 4.78 is 0. The zero-order valence-corrected chi connectivity index (χ0v) is 10.9. The SMILES string of the molecule is O=C([O-])CCCc1ccccc1.[K+]. The summed E-state index contributed by atoms with van der Waals surface area (Å²) in [6, 6.07) is 9.84. The molecule has 0 aliphatic heterocycles. The average molecular weight is 202 g/mol. The van der Waals surface area contributed by atoms with Gasteiger partial charge in [0.15, 0.2) is 0 Å². The van der Waals surface area contributed by atoms with Gasteiger partial charge in [-0.15, -0.1) is 0 Å². The second kappa shape index (κ2) is 7.70. The van der Waals surface area contributed by atoms with E-state index in [9.17, 15) is 9.90 Å². The maximum atomic E-state index is 10.1. The van der Waals surface area contributed by atoms with E-state index in [1.165, 1.54) is 5.56 Å². The van der Waals surface area contributed by atoms with Crippen LogP contribution in [0.25, 0.3) is 0 Å². The monoisotopic (exact) mass is 202 g/mol. The fourth-order valence-corrected chi connectivity index (χ4v) is 1.08. The second-order valence-electron chi connectivity index (χ2n) is 2.71. The molecule has 64 valence electrons. The van der Waals surface area contributed by atoms with Crippen molar-refractivity contribution in [3.63, 3.8) is 0 Å². The van der Waals surface area contributed by atoms with Crippen LogP contribution in [-0.4, -0.2) is 5.97 Å². The minimum Gasteiger partial charge on any atom is -0.550 e. The molecule has 2 nitrogen and oxygen atoms in total. The molecule has 0 aliphatic carbocycles. The molecule has 3 heteroatoms. The Bertz CT molecular complexity index is 246. The van der Waals surface area contributed by atoms with E-state index in [1.54, 1.807) is 0 Å². The summed E-state index contributed by atoms with van der Waals surface area (Å²) >= 11 is 0. The molecule has 0 atom stereocenters. The molecule has 0 spiro atoms. The Morgan fingerprint density at radius 2 is 1.85 bits per heavy atom. The van der Waals surface area contributed by atoms with Crippen molar-refractivity contribution in [2.45, 2.75) is 19.3 Å². The molecule has 0 radical (unpaired) electrons. The minimum absolute atomic E-state index is 0. The van der Waals surface area contributed by atoms with Crippen LogP contribution in [0.15, 0.2) is 30.3 Å². The van der Waals surface area contributed by atoms with Crippen molar-refractivity contribution in [3.05, 3.63) is 35.9 Å². The van der Waals surface area contributed by atoms with E-state index in [-0.39, 0.29) is 57.8 Å². The molecule has 0 aliphatic rings. The average Bonchev–Trinajstić information content (AvgIpc) is 2.05. The fraction of sp³-hybridized carbons (Fsp3) is 0.300. The summed E-state index contributed by atoms with van der Waals surface area (Å²) in [7, 11) is 0. The number of carbonyl (C=O) groups excluding carboxylic acids is 1. The standard InChI is InChI=1S/C10H12O2.K/c11-10(12)8-4-7-9-5-2-1-3-6-9;/h1-3,5-6H,4,7-8H2,(H,11,12);/q;+1/p-1. The Kier molecular flexibility index (Phi) is 7.90. The smallest absolute Gasteiger partial charge is 0.550 e. The number of carboxylic acid groups (broad SMARTS) is 1. The maximum Gasteiger partial charge on any atom is 1.00 e. The Morgan fingerprint density at radius 1 is 1.23 bits per heavy atom. The van der Waals surface area contributed by atoms with Crippen molar-refractivity contribution in [1.29, 1.82) is 0 Å². The number of carbonyl (C=O) groups is 1. The first-order valence-corrected chi connectivity index (χ1v) is 4.03. The zero-order valence-electron chi connectivity index (χ0n) is 7.82. The summed E-state index contributed by atoms with van der Waals surface area (Å²) in [5.74, 6) is -0.967. The molecule has 13 heavy (non-hydrogen) atoms. The van der Waals surface area contributed by atoms with Crippen LogP contribution in [0, 0.1) is 0 Å². The fourth-order valence-electron chi connectivity index (χ4n) is 1.08. The molecular formula is C10H11KO2. The second-order valence-corrected chi connectivity index (χ2v) is 2.71. The normalized spacial score (nSPS) is 8.92. The van der Waals surface area contributed by atoms with Crippen LogP contribution in [-0.2, 0) is 11.2 Å². The van der Waals surface area contributed by atoms with Crippen LogP contribution in [0.4, 0.5) is 0 Å². The van der Waals surface area contributed by atoms with Crippen molar-refractivity contribution >= 4 is 5.97 Å². The molecule has 0 amide bonds. The van der Waals surface area contributed by atoms with Gasteiger partial charge < -0.3 is 9.90 Å². The van der Waals surface area contributed by atoms with Crippen LogP contribution in [0.1, 0.15) is 18.4 Å². The van der Waals surface area contributed by atoms with E-state index in [0.29, 0.717) is 6.42 Å². The largest absolute Gasteiger partial charge is 1.00 e. The van der Waals surface area contributed by atoms with Gasteiger partial charge in [0, 0.05) is 5.97 Å². The Morgan fingerprint density at radius 3 is 2.38 bits per heavy atom. The predicted molar refractivity (Wildman–Crippen MR) is 44.4 cm³/mol. The van der Waals surface area contributed by atoms with Gasteiger partial charge in [-0.25, -0.2) is 0 Å². The molecule has 0 fully saturated rings. The maximum absolute atomic E-state index is 10.1. The molecule has 0 saturated heterocycles. The van der Waals surface area contributed by atoms with Crippen LogP contribution in [0.5, 0.6) is 0 Å². The third-order valence-corrected chi connectivity index (χ3v) is 1.69. The summed E-state index contributed by atoms with van der Waals surface area (Å²) in [6.07, 6.45) is 1.62. The van der Waals surface area contributed by atoms with Gasteiger partial charge >= 0.3 is 51.4 Å². The Hall–Kier alpha value is 0.326. The number of aryl methyl sites for hydroxylation is 1. The van der Waals surface area contributed by atoms with Gasteiger partial charge in [-0.05, 0) is 24.8 Å². The van der Waals surface area contributed by atoms with Crippen molar-refractivity contribution in [2.24, 2.45) is 0 Å². The zero-order chi connectivity index (χ0) is 8.81. The van der Waals surface area contributed by atoms with Gasteiger partial charge in [-0.3, -0.25) is 0 Å². The molecule has 0 heterocycles. The predicted octanol–water partition coefficient (Wildman–Crippen LogP) is -2.24. The van der Waals surface area contributed by atoms with Crippen LogP contribution < -0.4 is 56.5 Å². The van der Waals surface area contributed by atoms with Gasteiger partial charge in [0.2, 0.25) is 0 Å². The summed E-state index contributed by atoms with van der Waals surface area (Å²) in [4.78, 5) is 10.1. The molecule has 0 saturated carbocycles. The number of hydrogen-bond donors (Lipinski definition) is 0. The van der Waals surface area contributed by atoms with E-state index in [0.717, 1.165) is 6.42 Å². The van der Waals surface area contributed by atoms with Crippen molar-refractivity contribution in [3.8, 4) is 0 Å². The van der Waals surface area contributed by atoms with Crippen molar-refractivity contribution < 1.29 is 61.3 Å². The van der Waals surface area contributed by atoms with E-state index >= 15 is 0 Å². The molecule has 1 aromatic carbocycles. The minimum atomic E-state index is -0.967. The third kappa shape index (κ3) is 6.40. The Balaban J connectivity index is 0.00000144. The van der Waals surface area contributed by atoms with Crippen LogP contribution in [0.3, 0.4) is 0 Å². The van der Waals surface area contributed by atoms with Gasteiger partial charge in [-0.1, -0.05) is 30.3 Å². The van der Waals surface area contributed by atoms with E-state index in [4.69, 9.17) is 0 Å². The summed E-state index contributed by atoms with van der Waals surface area (Å²) in [5, 5.41) is 10.1. The van der Waals surface area contributed by atoms with Gasteiger partial charge in [0.25, 0.3) is 0 Å². The Labute approximate surface area is 121 Å². The van der Waals surface area contributed by atoms with Gasteiger partial charge in [0.1, 0.15) is 0 Å². The first kappa shape index (κ1) is 13.3. The van der Waals surface area contributed by atoms with E-state index in [1.807, 2.05) is 30.3 Å². The molecule has 0 aromatic heterocycles. The van der Waals surface area contributed by atoms with Gasteiger partial charge in [-0.2, -0.15) is 0 Å². The molecule has 0 N–H and O–H groups in total. The molecule has 0 bridgehead atoms. The van der Waals surface area contributed by atoms with Crippen molar-refractivity contribution in [2.75, 3.05) is 0 Å². The van der Waals surface area contributed by atoms with Gasteiger partial charge in [0.05, 0.1) is 0 Å². The first-order chi connectivity index (χ1) is 5.79. The summed E-state index contributed by atoms with van der Waals surface area (Å²) in [5.41, 5.74) is 1.18.